The number of hydrogen-bond donors (Lipinski definition) is 2. The van der Waals surface area contributed by atoms with E-state index < -0.39 is 0 Å². The molecule has 0 radical (unpaired) electrons. The summed E-state index contributed by atoms with van der Waals surface area (Å²) in [5.41, 5.74) is 7.09. The highest BCUT2D eigenvalue weighted by molar-refractivity contribution is 8.00. The number of aryl methyl sites for hydroxylation is 1. The van der Waals surface area contributed by atoms with Crippen LogP contribution in [0.2, 0.25) is 0 Å². The lowest BCUT2D eigenvalue weighted by Crippen LogP contribution is -2.46. The molecule has 1 unspecified atom stereocenters. The Morgan fingerprint density at radius 1 is 1.29 bits per heavy atom. The van der Waals surface area contributed by atoms with Gasteiger partial charge >= 0.3 is 0 Å². The summed E-state index contributed by atoms with van der Waals surface area (Å²) in [4.78, 5) is 13.2. The Morgan fingerprint density at radius 2 is 1.95 bits per heavy atom. The molecule has 1 aliphatic carbocycles. The van der Waals surface area contributed by atoms with Crippen LogP contribution < -0.4 is 11.1 Å². The normalized spacial score (nSPS) is 17.4. The Bertz CT molecular complexity index is 441. The highest BCUT2D eigenvalue weighted by atomic mass is 32.2. The number of amides is 1. The van der Waals surface area contributed by atoms with Crippen molar-refractivity contribution in [1.29, 1.82) is 0 Å². The van der Waals surface area contributed by atoms with Crippen LogP contribution in [0, 0.1) is 12.8 Å². The minimum absolute atomic E-state index is 0.0987. The molecular formula is C17H26N2OS. The summed E-state index contributed by atoms with van der Waals surface area (Å²) in [7, 11) is 0. The van der Waals surface area contributed by atoms with Gasteiger partial charge in [0.15, 0.2) is 0 Å². The van der Waals surface area contributed by atoms with Gasteiger partial charge in [0, 0.05) is 17.5 Å². The van der Waals surface area contributed by atoms with Crippen LogP contribution in [0.15, 0.2) is 29.2 Å². The Balaban J connectivity index is 1.78. The SMILES string of the molecule is Cc1ccc(SCC(=O)NC(CN)C2CCCCC2)cc1. The quantitative estimate of drug-likeness (QED) is 0.794. The van der Waals surface area contributed by atoms with Crippen molar-refractivity contribution >= 4 is 17.7 Å². The second-order valence-corrected chi connectivity index (χ2v) is 6.96. The molecule has 1 aliphatic rings. The van der Waals surface area contributed by atoms with E-state index in [-0.39, 0.29) is 11.9 Å². The zero-order valence-electron chi connectivity index (χ0n) is 12.8. The van der Waals surface area contributed by atoms with Crippen molar-refractivity contribution in [3.63, 3.8) is 0 Å². The van der Waals surface area contributed by atoms with Gasteiger partial charge in [-0.15, -0.1) is 11.8 Å². The van der Waals surface area contributed by atoms with Crippen molar-refractivity contribution in [2.24, 2.45) is 11.7 Å². The van der Waals surface area contributed by atoms with Gasteiger partial charge in [-0.1, -0.05) is 37.0 Å². The van der Waals surface area contributed by atoms with Crippen molar-refractivity contribution in [3.05, 3.63) is 29.8 Å². The first kappa shape index (κ1) is 16.4. The first-order valence-electron chi connectivity index (χ1n) is 7.88. The van der Waals surface area contributed by atoms with Crippen LogP contribution >= 0.6 is 11.8 Å². The van der Waals surface area contributed by atoms with Gasteiger partial charge in [-0.2, -0.15) is 0 Å². The average Bonchev–Trinajstić information content (AvgIpc) is 2.53. The van der Waals surface area contributed by atoms with E-state index in [1.807, 2.05) is 0 Å². The molecule has 0 saturated heterocycles. The fraction of sp³-hybridized carbons (Fsp3) is 0.588. The molecule has 0 aromatic heterocycles. The van der Waals surface area contributed by atoms with Gasteiger partial charge in [0.25, 0.3) is 0 Å². The van der Waals surface area contributed by atoms with Crippen LogP contribution in [0.25, 0.3) is 0 Å². The van der Waals surface area contributed by atoms with Gasteiger partial charge in [0.1, 0.15) is 0 Å². The summed E-state index contributed by atoms with van der Waals surface area (Å²) in [5, 5.41) is 3.13. The molecule has 116 valence electrons. The van der Waals surface area contributed by atoms with Gasteiger partial charge in [0.2, 0.25) is 5.91 Å². The first-order valence-corrected chi connectivity index (χ1v) is 8.86. The average molecular weight is 306 g/mol. The summed E-state index contributed by atoms with van der Waals surface area (Å²) in [6, 6.07) is 8.43. The molecular weight excluding hydrogens is 280 g/mol. The predicted octanol–water partition coefficient (Wildman–Crippen LogP) is 3.11. The molecule has 0 spiro atoms. The zero-order valence-corrected chi connectivity index (χ0v) is 13.6. The van der Waals surface area contributed by atoms with E-state index in [2.05, 4.69) is 36.5 Å². The minimum Gasteiger partial charge on any atom is -0.351 e. The lowest BCUT2D eigenvalue weighted by Gasteiger charge is -2.30. The number of hydrogen-bond acceptors (Lipinski definition) is 3. The molecule has 2 rings (SSSR count). The predicted molar refractivity (Wildman–Crippen MR) is 89.5 cm³/mol. The molecule has 1 saturated carbocycles. The Hall–Kier alpha value is -1.00. The lowest BCUT2D eigenvalue weighted by molar-refractivity contribution is -0.119. The maximum absolute atomic E-state index is 12.1. The number of carbonyl (C=O) groups excluding carboxylic acids is 1. The molecule has 1 aromatic carbocycles. The maximum Gasteiger partial charge on any atom is 0.230 e. The minimum atomic E-state index is 0.0987. The molecule has 3 N–H and O–H groups in total. The van der Waals surface area contributed by atoms with E-state index in [4.69, 9.17) is 5.73 Å². The smallest absolute Gasteiger partial charge is 0.230 e. The van der Waals surface area contributed by atoms with E-state index in [1.54, 1.807) is 11.8 Å². The molecule has 3 nitrogen and oxygen atoms in total. The second-order valence-electron chi connectivity index (χ2n) is 5.91. The van der Waals surface area contributed by atoms with Crippen LogP contribution in [0.3, 0.4) is 0 Å². The number of benzene rings is 1. The van der Waals surface area contributed by atoms with Gasteiger partial charge in [0.05, 0.1) is 5.75 Å². The Labute approximate surface area is 132 Å². The van der Waals surface area contributed by atoms with Crippen LogP contribution in [0.1, 0.15) is 37.7 Å². The summed E-state index contributed by atoms with van der Waals surface area (Å²) in [5.74, 6) is 1.13. The standard InChI is InChI=1S/C17H26N2OS/c1-13-7-9-15(10-8-13)21-12-17(20)19-16(11-18)14-5-3-2-4-6-14/h7-10,14,16H,2-6,11-12,18H2,1H3,(H,19,20). The number of nitrogens with two attached hydrogens (primary N) is 1. The molecule has 4 heteroatoms. The van der Waals surface area contributed by atoms with Crippen LogP contribution in [-0.2, 0) is 4.79 Å². The number of nitrogens with one attached hydrogen (secondary N) is 1. The van der Waals surface area contributed by atoms with Gasteiger partial charge in [-0.3, -0.25) is 4.79 Å². The molecule has 1 atom stereocenters. The van der Waals surface area contributed by atoms with Crippen LogP contribution in [0.5, 0.6) is 0 Å². The van der Waals surface area contributed by atoms with E-state index in [0.29, 0.717) is 18.2 Å². The second kappa shape index (κ2) is 8.44. The summed E-state index contributed by atoms with van der Waals surface area (Å²) < 4.78 is 0. The fourth-order valence-electron chi connectivity index (χ4n) is 2.94. The van der Waals surface area contributed by atoms with E-state index in [1.165, 1.54) is 37.7 Å². The van der Waals surface area contributed by atoms with Crippen molar-refractivity contribution < 1.29 is 4.79 Å². The largest absolute Gasteiger partial charge is 0.351 e. The van der Waals surface area contributed by atoms with Crippen molar-refractivity contribution in [2.45, 2.75) is 50.0 Å². The topological polar surface area (TPSA) is 55.1 Å². The van der Waals surface area contributed by atoms with Gasteiger partial charge < -0.3 is 11.1 Å². The summed E-state index contributed by atoms with van der Waals surface area (Å²) >= 11 is 1.58. The van der Waals surface area contributed by atoms with E-state index >= 15 is 0 Å². The van der Waals surface area contributed by atoms with Gasteiger partial charge in [-0.05, 0) is 37.8 Å². The lowest BCUT2D eigenvalue weighted by atomic mass is 9.84. The molecule has 1 aromatic rings. The van der Waals surface area contributed by atoms with Crippen molar-refractivity contribution in [1.82, 2.24) is 5.32 Å². The summed E-state index contributed by atoms with van der Waals surface area (Å²) in [6.45, 7) is 2.61. The van der Waals surface area contributed by atoms with E-state index in [9.17, 15) is 4.79 Å². The molecule has 1 fully saturated rings. The highest BCUT2D eigenvalue weighted by Gasteiger charge is 2.23. The zero-order chi connectivity index (χ0) is 15.1. The molecule has 1 amide bonds. The number of rotatable bonds is 6. The van der Waals surface area contributed by atoms with Gasteiger partial charge in [-0.25, -0.2) is 0 Å². The number of thioether (sulfide) groups is 1. The van der Waals surface area contributed by atoms with Crippen molar-refractivity contribution in [3.8, 4) is 0 Å². The maximum atomic E-state index is 12.1. The Morgan fingerprint density at radius 3 is 2.57 bits per heavy atom. The molecule has 0 aliphatic heterocycles. The van der Waals surface area contributed by atoms with Crippen LogP contribution in [0.4, 0.5) is 0 Å². The molecule has 0 bridgehead atoms. The summed E-state index contributed by atoms with van der Waals surface area (Å²) in [6.07, 6.45) is 6.27. The number of carbonyl (C=O) groups is 1. The monoisotopic (exact) mass is 306 g/mol. The Kier molecular flexibility index (Phi) is 6.58. The third-order valence-corrected chi connectivity index (χ3v) is 5.22. The van der Waals surface area contributed by atoms with Crippen LogP contribution in [-0.4, -0.2) is 24.2 Å². The molecule has 0 heterocycles. The van der Waals surface area contributed by atoms with E-state index in [0.717, 1.165) is 4.90 Å². The van der Waals surface area contributed by atoms with Crippen molar-refractivity contribution in [2.75, 3.05) is 12.3 Å². The molecule has 21 heavy (non-hydrogen) atoms. The third kappa shape index (κ3) is 5.36. The third-order valence-electron chi connectivity index (χ3n) is 4.21. The fourth-order valence-corrected chi connectivity index (χ4v) is 3.65. The highest BCUT2D eigenvalue weighted by Crippen LogP contribution is 2.26. The first-order chi connectivity index (χ1) is 10.2.